The van der Waals surface area contributed by atoms with Gasteiger partial charge in [0.25, 0.3) is 0 Å². The van der Waals surface area contributed by atoms with E-state index < -0.39 is 24.6 Å². The van der Waals surface area contributed by atoms with E-state index in [1.54, 1.807) is 0 Å². The molecule has 14 heavy (non-hydrogen) atoms. The molecular formula is C7H11F5O2. The van der Waals surface area contributed by atoms with Crippen LogP contribution in [0, 0.1) is 0 Å². The maximum atomic E-state index is 12.3. The first-order valence-corrected chi connectivity index (χ1v) is 3.94. The predicted octanol–water partition coefficient (Wildman–Crippen LogP) is 1.71. The molecule has 0 amide bonds. The van der Waals surface area contributed by atoms with Gasteiger partial charge < -0.3 is 10.2 Å². The fourth-order valence-electron chi connectivity index (χ4n) is 0.841. The number of aliphatic hydroxyl groups excluding tert-OH is 2. The molecule has 0 aromatic rings. The van der Waals surface area contributed by atoms with Crippen LogP contribution in [0.25, 0.3) is 0 Å². The molecule has 1 unspecified atom stereocenters. The Labute approximate surface area is 77.3 Å². The van der Waals surface area contributed by atoms with Crippen molar-refractivity contribution in [2.45, 2.75) is 37.5 Å². The predicted molar refractivity (Wildman–Crippen MR) is 37.9 cm³/mol. The highest BCUT2D eigenvalue weighted by atomic mass is 19.4. The summed E-state index contributed by atoms with van der Waals surface area (Å²) >= 11 is 0. The number of hydrogen-bond donors (Lipinski definition) is 2. The van der Waals surface area contributed by atoms with Crippen LogP contribution in [0.15, 0.2) is 0 Å². The third-order valence-corrected chi connectivity index (χ3v) is 1.60. The van der Waals surface area contributed by atoms with Crippen LogP contribution in [0.5, 0.6) is 0 Å². The second kappa shape index (κ2) is 4.88. The molecule has 86 valence electrons. The lowest BCUT2D eigenvalue weighted by molar-refractivity contribution is -0.290. The first-order valence-electron chi connectivity index (χ1n) is 3.94. The summed E-state index contributed by atoms with van der Waals surface area (Å²) in [7, 11) is 0. The Bertz CT molecular complexity index is 168. The Morgan fingerprint density at radius 3 is 1.93 bits per heavy atom. The fourth-order valence-corrected chi connectivity index (χ4v) is 0.841. The van der Waals surface area contributed by atoms with Gasteiger partial charge in [-0.05, 0) is 12.8 Å². The minimum Gasteiger partial charge on any atom is -0.396 e. The number of alkyl halides is 5. The molecule has 0 aliphatic rings. The Balaban J connectivity index is 4.08. The van der Waals surface area contributed by atoms with Gasteiger partial charge in [0.1, 0.15) is 0 Å². The number of hydrogen-bond acceptors (Lipinski definition) is 2. The van der Waals surface area contributed by atoms with E-state index in [9.17, 15) is 22.0 Å². The lowest BCUT2D eigenvalue weighted by atomic mass is 10.1. The van der Waals surface area contributed by atoms with Crippen LogP contribution in [0.4, 0.5) is 22.0 Å². The van der Waals surface area contributed by atoms with Gasteiger partial charge in [0, 0.05) is 13.0 Å². The van der Waals surface area contributed by atoms with E-state index in [-0.39, 0.29) is 19.4 Å². The molecule has 0 heterocycles. The number of halogens is 5. The molecular weight excluding hydrogens is 211 g/mol. The lowest BCUT2D eigenvalue weighted by Crippen LogP contribution is -2.39. The minimum atomic E-state index is -5.63. The molecule has 1 atom stereocenters. The molecule has 0 fully saturated rings. The first kappa shape index (κ1) is 13.6. The van der Waals surface area contributed by atoms with Crippen LogP contribution < -0.4 is 0 Å². The standard InChI is InChI=1S/C7H11F5O2/c8-6(9,7(10,11)12)4-5(14)2-1-3-13/h5,13-14H,1-4H2. The molecule has 0 spiro atoms. The average molecular weight is 222 g/mol. The highest BCUT2D eigenvalue weighted by Crippen LogP contribution is 2.39. The molecule has 2 N–H and O–H groups in total. The molecule has 0 rings (SSSR count). The second-order valence-electron chi connectivity index (χ2n) is 2.93. The Morgan fingerprint density at radius 2 is 1.57 bits per heavy atom. The van der Waals surface area contributed by atoms with Gasteiger partial charge in [-0.25, -0.2) is 0 Å². The highest BCUT2D eigenvalue weighted by Gasteiger charge is 2.57. The number of aliphatic hydroxyl groups is 2. The Hall–Kier alpha value is -0.430. The molecule has 0 aliphatic carbocycles. The summed E-state index contributed by atoms with van der Waals surface area (Å²) in [5.41, 5.74) is 0. The largest absolute Gasteiger partial charge is 0.453 e. The number of rotatable bonds is 5. The van der Waals surface area contributed by atoms with Crippen LogP contribution in [0.3, 0.4) is 0 Å². The maximum Gasteiger partial charge on any atom is 0.453 e. The molecule has 0 radical (unpaired) electrons. The molecule has 0 aromatic carbocycles. The third kappa shape index (κ3) is 4.19. The zero-order valence-corrected chi connectivity index (χ0v) is 7.19. The summed E-state index contributed by atoms with van der Waals surface area (Å²) in [6.07, 6.45) is -9.32. The highest BCUT2D eigenvalue weighted by molar-refractivity contribution is 4.78. The van der Waals surface area contributed by atoms with E-state index in [1.807, 2.05) is 0 Å². The van der Waals surface area contributed by atoms with Crippen molar-refractivity contribution in [1.29, 1.82) is 0 Å². The Morgan fingerprint density at radius 1 is 1.07 bits per heavy atom. The minimum absolute atomic E-state index is 0.00486. The molecule has 2 nitrogen and oxygen atoms in total. The summed E-state index contributed by atoms with van der Waals surface area (Å²) in [6, 6.07) is 0. The molecule has 7 heteroatoms. The van der Waals surface area contributed by atoms with Gasteiger partial charge in [0.05, 0.1) is 6.10 Å². The van der Waals surface area contributed by atoms with Crippen molar-refractivity contribution in [2.24, 2.45) is 0 Å². The van der Waals surface area contributed by atoms with Gasteiger partial charge in [-0.2, -0.15) is 22.0 Å². The van der Waals surface area contributed by atoms with E-state index in [0.29, 0.717) is 0 Å². The summed E-state index contributed by atoms with van der Waals surface area (Å²) in [6.45, 7) is -0.353. The lowest BCUT2D eigenvalue weighted by Gasteiger charge is -2.22. The van der Waals surface area contributed by atoms with Gasteiger partial charge >= 0.3 is 12.1 Å². The quantitative estimate of drug-likeness (QED) is 0.695. The fraction of sp³-hybridized carbons (Fsp3) is 1.00. The van der Waals surface area contributed by atoms with Gasteiger partial charge in [-0.3, -0.25) is 0 Å². The van der Waals surface area contributed by atoms with E-state index in [0.717, 1.165) is 0 Å². The van der Waals surface area contributed by atoms with E-state index in [4.69, 9.17) is 10.2 Å². The molecule has 0 saturated heterocycles. The maximum absolute atomic E-state index is 12.3. The van der Waals surface area contributed by atoms with E-state index in [1.165, 1.54) is 0 Å². The van der Waals surface area contributed by atoms with Crippen molar-refractivity contribution in [3.8, 4) is 0 Å². The van der Waals surface area contributed by atoms with Crippen molar-refractivity contribution in [3.05, 3.63) is 0 Å². The zero-order chi connectivity index (χ0) is 11.4. The van der Waals surface area contributed by atoms with Crippen molar-refractivity contribution in [1.82, 2.24) is 0 Å². The topological polar surface area (TPSA) is 40.5 Å². The second-order valence-corrected chi connectivity index (χ2v) is 2.93. The zero-order valence-electron chi connectivity index (χ0n) is 7.19. The van der Waals surface area contributed by atoms with Crippen LogP contribution >= 0.6 is 0 Å². The van der Waals surface area contributed by atoms with Gasteiger partial charge in [-0.15, -0.1) is 0 Å². The van der Waals surface area contributed by atoms with Crippen molar-refractivity contribution >= 4 is 0 Å². The van der Waals surface area contributed by atoms with Crippen molar-refractivity contribution < 1.29 is 32.2 Å². The summed E-state index contributed by atoms with van der Waals surface area (Å²) < 4.78 is 59.3. The van der Waals surface area contributed by atoms with Crippen LogP contribution in [0.1, 0.15) is 19.3 Å². The van der Waals surface area contributed by atoms with Crippen LogP contribution in [-0.4, -0.2) is 35.0 Å². The normalized spacial score (nSPS) is 15.6. The summed E-state index contributed by atoms with van der Waals surface area (Å²) in [5, 5.41) is 17.0. The molecule has 0 aliphatic heterocycles. The third-order valence-electron chi connectivity index (χ3n) is 1.60. The smallest absolute Gasteiger partial charge is 0.396 e. The van der Waals surface area contributed by atoms with E-state index in [2.05, 4.69) is 0 Å². The van der Waals surface area contributed by atoms with Crippen molar-refractivity contribution in [3.63, 3.8) is 0 Å². The monoisotopic (exact) mass is 222 g/mol. The summed E-state index contributed by atoms with van der Waals surface area (Å²) in [4.78, 5) is 0. The molecule has 0 bridgehead atoms. The summed E-state index contributed by atoms with van der Waals surface area (Å²) in [5.74, 6) is -4.87. The van der Waals surface area contributed by atoms with Crippen LogP contribution in [-0.2, 0) is 0 Å². The van der Waals surface area contributed by atoms with Gasteiger partial charge in [-0.1, -0.05) is 0 Å². The van der Waals surface area contributed by atoms with Crippen LogP contribution in [0.2, 0.25) is 0 Å². The molecule has 0 saturated carbocycles. The SMILES string of the molecule is OCCCC(O)CC(F)(F)C(F)(F)F. The van der Waals surface area contributed by atoms with Gasteiger partial charge in [0.15, 0.2) is 0 Å². The van der Waals surface area contributed by atoms with Gasteiger partial charge in [0.2, 0.25) is 0 Å². The van der Waals surface area contributed by atoms with Crippen molar-refractivity contribution in [2.75, 3.05) is 6.61 Å². The van der Waals surface area contributed by atoms with E-state index >= 15 is 0 Å². The molecule has 0 aromatic heterocycles. The average Bonchev–Trinajstić information content (AvgIpc) is 1.97. The first-order chi connectivity index (χ1) is 6.20. The Kier molecular flexibility index (Phi) is 4.73.